The van der Waals surface area contributed by atoms with Crippen molar-refractivity contribution in [2.75, 3.05) is 41.0 Å². The molecule has 0 fully saturated rings. The molecule has 8 nitrogen and oxygen atoms in total. The van der Waals surface area contributed by atoms with Crippen molar-refractivity contribution in [2.24, 2.45) is 0 Å². The van der Waals surface area contributed by atoms with Crippen LogP contribution in [0.4, 0.5) is 0 Å². The predicted octanol–water partition coefficient (Wildman–Crippen LogP) is 1.28. The van der Waals surface area contributed by atoms with Crippen molar-refractivity contribution >= 4 is 11.9 Å². The minimum atomic E-state index is -0.435. The van der Waals surface area contributed by atoms with Crippen LogP contribution in [0.3, 0.4) is 0 Å². The van der Waals surface area contributed by atoms with E-state index in [9.17, 15) is 9.59 Å². The molecule has 0 aliphatic heterocycles. The number of methoxy groups -OCH3 is 2. The van der Waals surface area contributed by atoms with E-state index >= 15 is 0 Å². The number of ether oxygens (including phenoxy) is 3. The summed E-state index contributed by atoms with van der Waals surface area (Å²) >= 11 is 0. The Morgan fingerprint density at radius 2 is 1.79 bits per heavy atom. The second-order valence-electron chi connectivity index (χ2n) is 6.34. The summed E-state index contributed by atoms with van der Waals surface area (Å²) in [6.45, 7) is 4.76. The minimum absolute atomic E-state index is 0.127. The Bertz CT molecular complexity index is 580. The highest BCUT2D eigenvalue weighted by Crippen LogP contribution is 2.20. The largest absolute Gasteiger partial charge is 0.466 e. The molecule has 1 aromatic carbocycles. The number of carbonyl (C=O) groups is 2. The van der Waals surface area contributed by atoms with E-state index in [0.717, 1.165) is 5.56 Å². The van der Waals surface area contributed by atoms with Crippen molar-refractivity contribution in [3.63, 3.8) is 0 Å². The van der Waals surface area contributed by atoms with E-state index in [-0.39, 0.29) is 17.8 Å². The van der Waals surface area contributed by atoms with Gasteiger partial charge in [-0.05, 0) is 32.4 Å². The summed E-state index contributed by atoms with van der Waals surface area (Å²) < 4.78 is 15.4. The van der Waals surface area contributed by atoms with Crippen molar-refractivity contribution in [3.05, 3.63) is 35.9 Å². The molecule has 0 heterocycles. The number of nitrogens with one attached hydrogen (secondary N) is 2. The highest BCUT2D eigenvalue weighted by Gasteiger charge is 2.23. The Labute approximate surface area is 167 Å². The van der Waals surface area contributed by atoms with Crippen molar-refractivity contribution in [1.29, 1.82) is 0 Å². The van der Waals surface area contributed by atoms with Crippen LogP contribution < -0.4 is 10.7 Å². The van der Waals surface area contributed by atoms with E-state index < -0.39 is 12.3 Å². The lowest BCUT2D eigenvalue weighted by Gasteiger charge is -2.25. The Kier molecular flexibility index (Phi) is 11.4. The fourth-order valence-electron chi connectivity index (χ4n) is 2.72. The molecule has 8 heteroatoms. The zero-order valence-electron chi connectivity index (χ0n) is 17.4. The van der Waals surface area contributed by atoms with Gasteiger partial charge in [-0.3, -0.25) is 14.6 Å². The number of amides is 1. The first-order valence-electron chi connectivity index (χ1n) is 9.46. The molecule has 1 amide bonds. The standard InChI is InChI=1S/C20H33N3O5/c1-6-28-20(25)17(16-10-8-7-9-11-16)12-13-21-15(2)19(24)23(3)22-14-18(26-4)27-5/h7-11,15,17-18,21-22H,6,12-14H2,1-5H3/t15-,17?/m0/s1. The van der Waals surface area contributed by atoms with Gasteiger partial charge in [0.25, 0.3) is 5.91 Å². The summed E-state index contributed by atoms with van der Waals surface area (Å²) in [6.07, 6.45) is 0.0993. The van der Waals surface area contributed by atoms with E-state index in [1.54, 1.807) is 20.9 Å². The number of likely N-dealkylation sites (N-methyl/N-ethyl adjacent to an activating group) is 1. The smallest absolute Gasteiger partial charge is 0.313 e. The first-order chi connectivity index (χ1) is 13.4. The van der Waals surface area contributed by atoms with Gasteiger partial charge in [0.1, 0.15) is 0 Å². The van der Waals surface area contributed by atoms with E-state index in [4.69, 9.17) is 14.2 Å². The molecule has 1 unspecified atom stereocenters. The van der Waals surface area contributed by atoms with Crippen LogP contribution in [0.2, 0.25) is 0 Å². The van der Waals surface area contributed by atoms with E-state index in [0.29, 0.717) is 26.1 Å². The average Bonchev–Trinajstić information content (AvgIpc) is 2.71. The topological polar surface area (TPSA) is 89.1 Å². The number of hydrogen-bond acceptors (Lipinski definition) is 7. The van der Waals surface area contributed by atoms with Gasteiger partial charge in [0.15, 0.2) is 6.29 Å². The highest BCUT2D eigenvalue weighted by atomic mass is 16.7. The van der Waals surface area contributed by atoms with Crippen LogP contribution in [0.1, 0.15) is 31.7 Å². The lowest BCUT2D eigenvalue weighted by molar-refractivity contribution is -0.145. The first-order valence-corrected chi connectivity index (χ1v) is 9.46. The van der Waals surface area contributed by atoms with Crippen molar-refractivity contribution in [2.45, 2.75) is 38.5 Å². The number of esters is 1. The summed E-state index contributed by atoms with van der Waals surface area (Å²) in [5.74, 6) is -0.743. The van der Waals surface area contributed by atoms with Gasteiger partial charge in [0, 0.05) is 21.3 Å². The minimum Gasteiger partial charge on any atom is -0.466 e. The normalized spacial score (nSPS) is 13.2. The maximum atomic E-state index is 12.4. The Balaban J connectivity index is 2.53. The number of hydrogen-bond donors (Lipinski definition) is 2. The molecule has 1 rings (SSSR count). The zero-order valence-corrected chi connectivity index (χ0v) is 17.4. The van der Waals surface area contributed by atoms with Gasteiger partial charge in [0.2, 0.25) is 0 Å². The second kappa shape index (κ2) is 13.2. The molecule has 0 bridgehead atoms. The van der Waals surface area contributed by atoms with Gasteiger partial charge < -0.3 is 19.5 Å². The highest BCUT2D eigenvalue weighted by molar-refractivity contribution is 5.81. The zero-order chi connectivity index (χ0) is 20.9. The van der Waals surface area contributed by atoms with Crippen molar-refractivity contribution in [1.82, 2.24) is 15.8 Å². The quantitative estimate of drug-likeness (QED) is 0.295. The number of hydrazine groups is 1. The predicted molar refractivity (Wildman–Crippen MR) is 106 cm³/mol. The maximum absolute atomic E-state index is 12.4. The molecule has 1 aromatic rings. The number of benzene rings is 1. The van der Waals surface area contributed by atoms with Crippen LogP contribution in [0.25, 0.3) is 0 Å². The monoisotopic (exact) mass is 395 g/mol. The van der Waals surface area contributed by atoms with E-state index in [1.807, 2.05) is 30.3 Å². The molecule has 0 saturated carbocycles. The van der Waals surface area contributed by atoms with Gasteiger partial charge >= 0.3 is 5.97 Å². The van der Waals surface area contributed by atoms with Gasteiger partial charge in [-0.1, -0.05) is 30.3 Å². The summed E-state index contributed by atoms with van der Waals surface area (Å²) in [7, 11) is 4.72. The number of carbonyl (C=O) groups excluding carboxylic acids is 2. The van der Waals surface area contributed by atoms with Crippen LogP contribution in [-0.4, -0.2) is 70.2 Å². The summed E-state index contributed by atoms with van der Waals surface area (Å²) in [4.78, 5) is 24.8. The third-order valence-corrected chi connectivity index (χ3v) is 4.38. The lowest BCUT2D eigenvalue weighted by atomic mass is 9.95. The summed E-state index contributed by atoms with van der Waals surface area (Å²) in [6, 6.07) is 9.11. The molecule has 0 spiro atoms. The summed E-state index contributed by atoms with van der Waals surface area (Å²) in [5, 5.41) is 4.58. The van der Waals surface area contributed by atoms with Crippen LogP contribution in [0.15, 0.2) is 30.3 Å². The molecule has 28 heavy (non-hydrogen) atoms. The fraction of sp³-hybridized carbons (Fsp3) is 0.600. The second-order valence-corrected chi connectivity index (χ2v) is 6.34. The summed E-state index contributed by atoms with van der Waals surface area (Å²) in [5.41, 5.74) is 3.85. The Morgan fingerprint density at radius 3 is 2.36 bits per heavy atom. The van der Waals surface area contributed by atoms with E-state index in [2.05, 4.69) is 10.7 Å². The molecular weight excluding hydrogens is 362 g/mol. The molecule has 2 atom stereocenters. The Hall–Kier alpha value is -2.00. The van der Waals surface area contributed by atoms with Crippen molar-refractivity contribution in [3.8, 4) is 0 Å². The van der Waals surface area contributed by atoms with Crippen LogP contribution in [0, 0.1) is 0 Å². The third kappa shape index (κ3) is 7.93. The van der Waals surface area contributed by atoms with Gasteiger partial charge in [-0.25, -0.2) is 5.43 Å². The molecule has 0 aromatic heterocycles. The van der Waals surface area contributed by atoms with Crippen molar-refractivity contribution < 1.29 is 23.8 Å². The molecule has 0 saturated heterocycles. The molecule has 0 aliphatic carbocycles. The van der Waals surface area contributed by atoms with Gasteiger partial charge in [-0.15, -0.1) is 0 Å². The number of nitrogens with zero attached hydrogens (tertiary/aromatic N) is 1. The molecule has 2 N–H and O–H groups in total. The van der Waals surface area contributed by atoms with Crippen LogP contribution in [-0.2, 0) is 23.8 Å². The molecule has 0 radical (unpaired) electrons. The Morgan fingerprint density at radius 1 is 1.14 bits per heavy atom. The SMILES string of the molecule is CCOC(=O)C(CCN[C@@H](C)C(=O)N(C)NCC(OC)OC)c1ccccc1. The van der Waals surface area contributed by atoms with Gasteiger partial charge in [0.05, 0.1) is 25.1 Å². The first kappa shape index (κ1) is 24.0. The maximum Gasteiger partial charge on any atom is 0.313 e. The van der Waals surface area contributed by atoms with Crippen LogP contribution in [0.5, 0.6) is 0 Å². The average molecular weight is 396 g/mol. The molecule has 0 aliphatic rings. The third-order valence-electron chi connectivity index (χ3n) is 4.38. The number of rotatable bonds is 13. The lowest BCUT2D eigenvalue weighted by Crippen LogP contribution is -2.51. The fourth-order valence-corrected chi connectivity index (χ4v) is 2.72. The van der Waals surface area contributed by atoms with Crippen LogP contribution >= 0.6 is 0 Å². The van der Waals surface area contributed by atoms with Gasteiger partial charge in [-0.2, -0.15) is 0 Å². The molecular formula is C20H33N3O5. The van der Waals surface area contributed by atoms with E-state index in [1.165, 1.54) is 19.2 Å². The molecule has 158 valence electrons.